The fourth-order valence-electron chi connectivity index (χ4n) is 4.79. The first kappa shape index (κ1) is 31.7. The molecule has 10 nitrogen and oxygen atoms in total. The van der Waals surface area contributed by atoms with Gasteiger partial charge in [0.05, 0.1) is 18.7 Å². The van der Waals surface area contributed by atoms with E-state index in [-0.39, 0.29) is 28.9 Å². The number of ether oxygens (including phenoxy) is 1. The second-order valence-electron chi connectivity index (χ2n) is 11.0. The van der Waals surface area contributed by atoms with E-state index in [2.05, 4.69) is 20.5 Å². The molecule has 0 bridgehead atoms. The van der Waals surface area contributed by atoms with Gasteiger partial charge in [-0.1, -0.05) is 11.6 Å². The lowest BCUT2D eigenvalue weighted by atomic mass is 9.98. The number of rotatable bonds is 11. The van der Waals surface area contributed by atoms with E-state index < -0.39 is 53.7 Å². The number of alkyl halides is 3. The molecule has 3 atom stereocenters. The quantitative estimate of drug-likeness (QED) is 0.200. The van der Waals surface area contributed by atoms with Crippen LogP contribution < -0.4 is 16.0 Å². The minimum absolute atomic E-state index is 0.00403. The number of aromatic nitrogens is 2. The Balaban J connectivity index is 1.52. The standard InChI is InChI=1S/C29H33F4N5O5/c1-14(2)38-21(11-12-34-38)26(40)36-23(22(16-5-6-16)17-7-8-17)27(41)35-20-10-9-18(13-19(20)30)15(3)25(39)37-24(28(42)43-4)29(31,32)33/h9-16,23-24H,5-8H2,1-4H3,(H,35,41)(H,36,40)(H,37,39)/t15-,23-,24?/m0/s1. The average Bonchev–Trinajstić information content (AvgIpc) is 3.89. The summed E-state index contributed by atoms with van der Waals surface area (Å²) in [6.07, 6.45) is -0.250. The zero-order valence-corrected chi connectivity index (χ0v) is 24.0. The van der Waals surface area contributed by atoms with Crippen molar-refractivity contribution in [2.24, 2.45) is 5.92 Å². The minimum atomic E-state index is -5.10. The van der Waals surface area contributed by atoms with Crippen LogP contribution in [0, 0.1) is 11.7 Å². The molecule has 0 radical (unpaired) electrons. The third kappa shape index (κ3) is 7.41. The molecule has 1 heterocycles. The minimum Gasteiger partial charge on any atom is -0.467 e. The van der Waals surface area contributed by atoms with E-state index in [0.29, 0.717) is 0 Å². The van der Waals surface area contributed by atoms with Gasteiger partial charge in [0.15, 0.2) is 0 Å². The number of carbonyl (C=O) groups excluding carboxylic acids is 4. The van der Waals surface area contributed by atoms with Gasteiger partial charge in [-0.05, 0) is 81.7 Å². The van der Waals surface area contributed by atoms with Crippen LogP contribution in [0.4, 0.5) is 23.2 Å². The molecule has 0 spiro atoms. The lowest BCUT2D eigenvalue weighted by Crippen LogP contribution is -2.52. The normalized spacial score (nSPS) is 16.6. The average molecular weight is 608 g/mol. The maximum Gasteiger partial charge on any atom is 0.419 e. The van der Waals surface area contributed by atoms with Crippen LogP contribution in [0.25, 0.3) is 0 Å². The molecule has 3 amide bonds. The number of hydrogen-bond donors (Lipinski definition) is 3. The van der Waals surface area contributed by atoms with Crippen molar-refractivity contribution in [2.75, 3.05) is 12.4 Å². The summed E-state index contributed by atoms with van der Waals surface area (Å²) in [7, 11) is 0.754. The van der Waals surface area contributed by atoms with Gasteiger partial charge < -0.3 is 20.7 Å². The van der Waals surface area contributed by atoms with Crippen molar-refractivity contribution in [3.8, 4) is 0 Å². The van der Waals surface area contributed by atoms with Gasteiger partial charge >= 0.3 is 12.1 Å². The Morgan fingerprint density at radius 3 is 2.23 bits per heavy atom. The summed E-state index contributed by atoms with van der Waals surface area (Å²) in [5.74, 6) is -6.13. The first-order valence-electron chi connectivity index (χ1n) is 13.8. The molecule has 0 aliphatic heterocycles. The summed E-state index contributed by atoms with van der Waals surface area (Å²) in [6.45, 7) is 4.96. The molecule has 43 heavy (non-hydrogen) atoms. The van der Waals surface area contributed by atoms with Crippen LogP contribution >= 0.6 is 0 Å². The highest BCUT2D eigenvalue weighted by Crippen LogP contribution is 2.46. The highest BCUT2D eigenvalue weighted by atomic mass is 19.4. The van der Waals surface area contributed by atoms with E-state index in [9.17, 15) is 32.3 Å². The summed E-state index contributed by atoms with van der Waals surface area (Å²) < 4.78 is 60.5. The Morgan fingerprint density at radius 1 is 1.02 bits per heavy atom. The second-order valence-corrected chi connectivity index (χ2v) is 11.0. The van der Waals surface area contributed by atoms with Crippen molar-refractivity contribution in [1.29, 1.82) is 0 Å². The second kappa shape index (κ2) is 12.6. The summed E-state index contributed by atoms with van der Waals surface area (Å²) in [5.41, 5.74) is 1.94. The Labute approximate surface area is 245 Å². The summed E-state index contributed by atoms with van der Waals surface area (Å²) in [4.78, 5) is 50.9. The number of halogens is 4. The molecule has 2 aliphatic carbocycles. The molecule has 2 aromatic rings. The molecule has 14 heteroatoms. The van der Waals surface area contributed by atoms with Gasteiger partial charge in [0.1, 0.15) is 17.6 Å². The van der Waals surface area contributed by atoms with Crippen molar-refractivity contribution in [2.45, 2.75) is 76.7 Å². The summed E-state index contributed by atoms with van der Waals surface area (Å²) >= 11 is 0. The van der Waals surface area contributed by atoms with E-state index in [1.807, 2.05) is 13.8 Å². The number of amides is 3. The molecule has 1 aromatic carbocycles. The maximum atomic E-state index is 15.2. The fourth-order valence-corrected chi connectivity index (χ4v) is 4.79. The topological polar surface area (TPSA) is 131 Å². The lowest BCUT2D eigenvalue weighted by molar-refractivity contribution is -0.184. The Bertz CT molecular complexity index is 1440. The number of carbonyl (C=O) groups is 4. The molecular weight excluding hydrogens is 574 g/mol. The van der Waals surface area contributed by atoms with E-state index >= 15 is 4.39 Å². The van der Waals surface area contributed by atoms with Gasteiger partial charge in [-0.15, -0.1) is 0 Å². The smallest absolute Gasteiger partial charge is 0.419 e. The molecule has 1 unspecified atom stereocenters. The first-order valence-corrected chi connectivity index (χ1v) is 13.8. The number of allylic oxidation sites excluding steroid dienone is 1. The highest BCUT2D eigenvalue weighted by Gasteiger charge is 2.47. The molecule has 0 saturated heterocycles. The number of methoxy groups -OCH3 is 1. The third-order valence-electron chi connectivity index (χ3n) is 7.36. The van der Waals surface area contributed by atoms with E-state index in [4.69, 9.17) is 0 Å². The zero-order chi connectivity index (χ0) is 31.6. The van der Waals surface area contributed by atoms with Crippen molar-refractivity contribution < 1.29 is 41.5 Å². The summed E-state index contributed by atoms with van der Waals surface area (Å²) in [6, 6.07) is 0.864. The van der Waals surface area contributed by atoms with Crippen LogP contribution in [0.3, 0.4) is 0 Å². The largest absolute Gasteiger partial charge is 0.467 e. The fraction of sp³-hybridized carbons (Fsp3) is 0.483. The van der Waals surface area contributed by atoms with Gasteiger partial charge in [-0.25, -0.2) is 9.18 Å². The van der Waals surface area contributed by atoms with Gasteiger partial charge in [-0.2, -0.15) is 18.3 Å². The molecule has 1 aromatic heterocycles. The van der Waals surface area contributed by atoms with E-state index in [1.165, 1.54) is 29.9 Å². The summed E-state index contributed by atoms with van der Waals surface area (Å²) in [5, 5.41) is 11.1. The Morgan fingerprint density at radius 2 is 1.70 bits per heavy atom. The number of nitrogens with one attached hydrogen (secondary N) is 3. The van der Waals surface area contributed by atoms with Gasteiger partial charge in [0.2, 0.25) is 11.9 Å². The van der Waals surface area contributed by atoms with E-state index in [1.54, 1.807) is 11.4 Å². The van der Waals surface area contributed by atoms with E-state index in [0.717, 1.165) is 50.0 Å². The van der Waals surface area contributed by atoms with Crippen LogP contribution in [0.2, 0.25) is 0 Å². The molecule has 2 aliphatic rings. The number of anilines is 1. The van der Waals surface area contributed by atoms with Gasteiger partial charge in [0.25, 0.3) is 11.8 Å². The first-order chi connectivity index (χ1) is 20.2. The highest BCUT2D eigenvalue weighted by molar-refractivity contribution is 6.02. The monoisotopic (exact) mass is 607 g/mol. The van der Waals surface area contributed by atoms with Gasteiger partial charge in [0, 0.05) is 12.2 Å². The molecule has 3 N–H and O–H groups in total. The molecule has 232 valence electrons. The Hall–Kier alpha value is -4.23. The van der Waals surface area contributed by atoms with Crippen LogP contribution in [-0.4, -0.2) is 58.8 Å². The van der Waals surface area contributed by atoms with Crippen LogP contribution in [0.5, 0.6) is 0 Å². The van der Waals surface area contributed by atoms with Crippen LogP contribution in [0.15, 0.2) is 41.6 Å². The predicted octanol–water partition coefficient (Wildman–Crippen LogP) is 4.16. The van der Waals surface area contributed by atoms with Crippen molar-refractivity contribution in [1.82, 2.24) is 20.4 Å². The van der Waals surface area contributed by atoms with Gasteiger partial charge in [-0.3, -0.25) is 19.1 Å². The molecule has 2 fully saturated rings. The lowest BCUT2D eigenvalue weighted by Gasteiger charge is -2.23. The number of benzene rings is 1. The SMILES string of the molecule is COC(=O)C(NC(=O)[C@@H](C)c1ccc(NC(=O)[C@@H](NC(=O)c2ccnn2C(C)C)C(=C2CC2)C2CC2)c(F)c1)C(F)(F)F. The Kier molecular flexibility index (Phi) is 9.26. The predicted molar refractivity (Wildman–Crippen MR) is 146 cm³/mol. The van der Waals surface area contributed by atoms with Crippen molar-refractivity contribution in [3.05, 3.63) is 58.7 Å². The number of nitrogens with zero attached hydrogens (tertiary/aromatic N) is 2. The maximum absolute atomic E-state index is 15.2. The zero-order valence-electron chi connectivity index (χ0n) is 24.0. The molecule has 2 saturated carbocycles. The number of esters is 1. The van der Waals surface area contributed by atoms with Crippen molar-refractivity contribution >= 4 is 29.4 Å². The van der Waals surface area contributed by atoms with Crippen molar-refractivity contribution in [3.63, 3.8) is 0 Å². The molecular formula is C29H33F4N5O5. The third-order valence-corrected chi connectivity index (χ3v) is 7.36. The van der Waals surface area contributed by atoms with Crippen LogP contribution in [0.1, 0.15) is 74.5 Å². The van der Waals surface area contributed by atoms with Crippen LogP contribution in [-0.2, 0) is 19.1 Å². The number of hydrogen-bond acceptors (Lipinski definition) is 6. The molecule has 4 rings (SSSR count).